The molecule has 27 heavy (non-hydrogen) atoms. The molecule has 1 fully saturated rings. The summed E-state index contributed by atoms with van der Waals surface area (Å²) in [6.07, 6.45) is -0.454. The van der Waals surface area contributed by atoms with Crippen LogP contribution >= 0.6 is 0 Å². The number of Topliss-reactive ketones (excluding diaryl/α,β-unsaturated/α-hetero) is 1. The maximum Gasteiger partial charge on any atom is 0.417 e. The lowest BCUT2D eigenvalue weighted by Gasteiger charge is -2.22. The fraction of sp³-hybridized carbons (Fsp3) is 0.250. The van der Waals surface area contributed by atoms with Crippen LogP contribution in [0.5, 0.6) is 0 Å². The van der Waals surface area contributed by atoms with Gasteiger partial charge in [0.2, 0.25) is 5.91 Å². The molecule has 7 heteroatoms. The molecule has 1 aliphatic rings. The van der Waals surface area contributed by atoms with Crippen LogP contribution in [-0.4, -0.2) is 35.3 Å². The Labute approximate surface area is 154 Å². The van der Waals surface area contributed by atoms with Crippen molar-refractivity contribution in [2.75, 3.05) is 6.61 Å². The first kappa shape index (κ1) is 18.7. The minimum atomic E-state index is -1.31. The average Bonchev–Trinajstić information content (AvgIpc) is 3.01. The number of carbonyl (C=O) groups is 3. The zero-order valence-electron chi connectivity index (χ0n) is 14.5. The van der Waals surface area contributed by atoms with Crippen LogP contribution in [0.1, 0.15) is 22.8 Å². The minimum Gasteiger partial charge on any atom is -0.447 e. The van der Waals surface area contributed by atoms with Crippen LogP contribution in [0.4, 0.5) is 13.6 Å². The van der Waals surface area contributed by atoms with Crippen molar-refractivity contribution in [3.8, 4) is 0 Å². The number of rotatable bonds is 5. The van der Waals surface area contributed by atoms with Crippen LogP contribution in [-0.2, 0) is 16.0 Å². The Morgan fingerprint density at radius 1 is 1.19 bits per heavy atom. The average molecular weight is 373 g/mol. The largest absolute Gasteiger partial charge is 0.447 e. The number of nitrogens with zero attached hydrogens (tertiary/aromatic N) is 1. The normalized spacial score (nSPS) is 17.5. The first-order valence-electron chi connectivity index (χ1n) is 8.41. The predicted octanol–water partition coefficient (Wildman–Crippen LogP) is 3.37. The SMILES string of the molecule is C[C@H](C(=O)c1ccc(F)cc1F)C(=O)N1C(=O)OC[C@@H]1Cc1ccccc1. The van der Waals surface area contributed by atoms with Crippen LogP contribution in [0, 0.1) is 17.6 Å². The number of hydrogen-bond donors (Lipinski definition) is 0. The van der Waals surface area contributed by atoms with Gasteiger partial charge in [-0.3, -0.25) is 9.59 Å². The van der Waals surface area contributed by atoms with E-state index in [2.05, 4.69) is 0 Å². The highest BCUT2D eigenvalue weighted by molar-refractivity contribution is 6.12. The maximum absolute atomic E-state index is 13.9. The summed E-state index contributed by atoms with van der Waals surface area (Å²) >= 11 is 0. The van der Waals surface area contributed by atoms with Crippen LogP contribution in [0.2, 0.25) is 0 Å². The molecule has 1 heterocycles. The number of imide groups is 1. The second-order valence-electron chi connectivity index (χ2n) is 6.34. The van der Waals surface area contributed by atoms with Crippen molar-refractivity contribution in [2.45, 2.75) is 19.4 Å². The topological polar surface area (TPSA) is 63.7 Å². The highest BCUT2D eigenvalue weighted by atomic mass is 19.1. The lowest BCUT2D eigenvalue weighted by molar-refractivity contribution is -0.131. The van der Waals surface area contributed by atoms with E-state index in [0.29, 0.717) is 12.5 Å². The van der Waals surface area contributed by atoms with Gasteiger partial charge in [-0.25, -0.2) is 18.5 Å². The molecule has 2 amide bonds. The van der Waals surface area contributed by atoms with Gasteiger partial charge < -0.3 is 4.74 Å². The number of hydrogen-bond acceptors (Lipinski definition) is 4. The fourth-order valence-corrected chi connectivity index (χ4v) is 3.01. The standard InChI is InChI=1S/C20H17F2NO4/c1-12(18(24)16-8-7-14(21)10-17(16)22)19(25)23-15(11-27-20(23)26)9-13-5-3-2-4-6-13/h2-8,10,12,15H,9,11H2,1H3/t12-,15+/m1/s1. The van der Waals surface area contributed by atoms with Crippen LogP contribution in [0.3, 0.4) is 0 Å². The summed E-state index contributed by atoms with van der Waals surface area (Å²) in [5, 5.41) is 0. The zero-order chi connectivity index (χ0) is 19.6. The molecule has 1 aliphatic heterocycles. The first-order valence-corrected chi connectivity index (χ1v) is 8.41. The summed E-state index contributed by atoms with van der Waals surface area (Å²) in [5.74, 6) is -4.78. The summed E-state index contributed by atoms with van der Waals surface area (Å²) in [6, 6.07) is 11.2. The van der Waals surface area contributed by atoms with Gasteiger partial charge >= 0.3 is 6.09 Å². The molecule has 0 N–H and O–H groups in total. The molecule has 0 spiro atoms. The molecule has 0 aromatic heterocycles. The smallest absolute Gasteiger partial charge is 0.417 e. The molecular weight excluding hydrogens is 356 g/mol. The second kappa shape index (κ2) is 7.65. The van der Waals surface area contributed by atoms with E-state index in [-0.39, 0.29) is 6.61 Å². The Balaban J connectivity index is 1.79. The Morgan fingerprint density at radius 2 is 1.89 bits per heavy atom. The molecule has 2 aromatic carbocycles. The van der Waals surface area contributed by atoms with E-state index in [4.69, 9.17) is 4.74 Å². The molecule has 0 saturated carbocycles. The van der Waals surface area contributed by atoms with Crippen molar-refractivity contribution < 1.29 is 27.9 Å². The van der Waals surface area contributed by atoms with E-state index >= 15 is 0 Å². The van der Waals surface area contributed by atoms with Crippen molar-refractivity contribution in [3.63, 3.8) is 0 Å². The fourth-order valence-electron chi connectivity index (χ4n) is 3.01. The summed E-state index contributed by atoms with van der Waals surface area (Å²) in [7, 11) is 0. The third-order valence-corrected chi connectivity index (χ3v) is 4.47. The van der Waals surface area contributed by atoms with Gasteiger partial charge in [-0.1, -0.05) is 30.3 Å². The molecule has 3 rings (SSSR count). The highest BCUT2D eigenvalue weighted by Gasteiger charge is 2.41. The van der Waals surface area contributed by atoms with Crippen LogP contribution in [0.15, 0.2) is 48.5 Å². The van der Waals surface area contributed by atoms with Crippen molar-refractivity contribution in [1.29, 1.82) is 0 Å². The summed E-state index contributed by atoms with van der Waals surface area (Å²) in [6.45, 7) is 1.31. The third-order valence-electron chi connectivity index (χ3n) is 4.47. The van der Waals surface area contributed by atoms with Gasteiger partial charge in [0.15, 0.2) is 5.78 Å². The van der Waals surface area contributed by atoms with Crippen LogP contribution < -0.4 is 0 Å². The first-order chi connectivity index (χ1) is 12.9. The quantitative estimate of drug-likeness (QED) is 0.595. The Kier molecular flexibility index (Phi) is 5.30. The van der Waals surface area contributed by atoms with Gasteiger partial charge in [0.1, 0.15) is 18.2 Å². The number of ether oxygens (including phenoxy) is 1. The molecule has 0 aliphatic carbocycles. The molecular formula is C20H17F2NO4. The lowest BCUT2D eigenvalue weighted by atomic mass is 9.96. The van der Waals surface area contributed by atoms with Crippen molar-refractivity contribution in [3.05, 3.63) is 71.3 Å². The molecule has 1 saturated heterocycles. The molecule has 5 nitrogen and oxygen atoms in total. The van der Waals surface area contributed by atoms with Crippen molar-refractivity contribution >= 4 is 17.8 Å². The number of halogens is 2. The molecule has 0 bridgehead atoms. The van der Waals surface area contributed by atoms with Gasteiger partial charge in [-0.05, 0) is 31.0 Å². The highest BCUT2D eigenvalue weighted by Crippen LogP contribution is 2.22. The molecule has 0 radical (unpaired) electrons. The van der Waals surface area contributed by atoms with Gasteiger partial charge in [-0.15, -0.1) is 0 Å². The zero-order valence-corrected chi connectivity index (χ0v) is 14.5. The maximum atomic E-state index is 13.9. The Bertz CT molecular complexity index is 885. The number of amides is 2. The Hall–Kier alpha value is -3.09. The summed E-state index contributed by atoms with van der Waals surface area (Å²) in [5.41, 5.74) is 0.506. The number of carbonyl (C=O) groups excluding carboxylic acids is 3. The van der Waals surface area contributed by atoms with Crippen molar-refractivity contribution in [1.82, 2.24) is 4.90 Å². The van der Waals surface area contributed by atoms with Gasteiger partial charge in [0.05, 0.1) is 17.5 Å². The van der Waals surface area contributed by atoms with Gasteiger partial charge in [0.25, 0.3) is 0 Å². The lowest BCUT2D eigenvalue weighted by Crippen LogP contribution is -2.44. The molecule has 140 valence electrons. The van der Waals surface area contributed by atoms with E-state index in [9.17, 15) is 23.2 Å². The molecule has 2 aromatic rings. The second-order valence-corrected chi connectivity index (χ2v) is 6.34. The number of cyclic esters (lactones) is 1. The predicted molar refractivity (Wildman–Crippen MR) is 92.0 cm³/mol. The third kappa shape index (κ3) is 3.86. The molecule has 2 atom stereocenters. The van der Waals surface area contributed by atoms with E-state index < -0.39 is 46.9 Å². The van der Waals surface area contributed by atoms with Crippen LogP contribution in [0.25, 0.3) is 0 Å². The minimum absolute atomic E-state index is 0.0191. The van der Waals surface area contributed by atoms with Gasteiger partial charge in [-0.2, -0.15) is 0 Å². The summed E-state index contributed by atoms with van der Waals surface area (Å²) < 4.78 is 31.9. The van der Waals surface area contributed by atoms with E-state index in [0.717, 1.165) is 22.6 Å². The number of benzene rings is 2. The Morgan fingerprint density at radius 3 is 2.56 bits per heavy atom. The molecule has 0 unspecified atom stereocenters. The van der Waals surface area contributed by atoms with Crippen molar-refractivity contribution in [2.24, 2.45) is 5.92 Å². The number of ketones is 1. The van der Waals surface area contributed by atoms with E-state index in [1.165, 1.54) is 6.92 Å². The van der Waals surface area contributed by atoms with Gasteiger partial charge in [0, 0.05) is 6.07 Å². The van der Waals surface area contributed by atoms with E-state index in [1.54, 1.807) is 0 Å². The van der Waals surface area contributed by atoms with E-state index in [1.807, 2.05) is 30.3 Å². The summed E-state index contributed by atoms with van der Waals surface area (Å²) in [4.78, 5) is 38.2. The monoisotopic (exact) mass is 373 g/mol.